The summed E-state index contributed by atoms with van der Waals surface area (Å²) in [6.07, 6.45) is 0.781. The first-order chi connectivity index (χ1) is 14.1. The van der Waals surface area contributed by atoms with Crippen molar-refractivity contribution in [1.29, 1.82) is 0 Å². The molecule has 2 atom stereocenters. The van der Waals surface area contributed by atoms with E-state index in [9.17, 15) is 4.79 Å². The average molecular weight is 395 g/mol. The van der Waals surface area contributed by atoms with E-state index in [1.807, 2.05) is 29.2 Å². The second-order valence-corrected chi connectivity index (χ2v) is 7.96. The lowest BCUT2D eigenvalue weighted by Crippen LogP contribution is -2.53. The molecule has 2 aromatic rings. The zero-order chi connectivity index (χ0) is 20.2. The molecule has 0 aromatic heterocycles. The maximum atomic E-state index is 13.0. The number of carbonyl (C=O) groups excluding carboxylic acids is 1. The molecule has 0 radical (unpaired) electrons. The standard InChI is InChI=1S/C23H30N4O2/c1-17-8-9-22(29-2)19(14-17)16-26-10-12-27(13-11-26)23(28)21-15-20(24-25-21)18-6-4-3-5-7-18/h3-9,14,20-21,24-25H,10-13,15-16H2,1-2H3. The van der Waals surface area contributed by atoms with E-state index in [2.05, 4.69) is 46.9 Å². The molecule has 2 N–H and O–H groups in total. The number of nitrogens with zero attached hydrogens (tertiary/aromatic N) is 2. The minimum atomic E-state index is -0.163. The first-order valence-corrected chi connectivity index (χ1v) is 10.3. The summed E-state index contributed by atoms with van der Waals surface area (Å²) in [5.41, 5.74) is 10.1. The fraction of sp³-hybridized carbons (Fsp3) is 0.435. The third kappa shape index (κ3) is 4.61. The van der Waals surface area contributed by atoms with E-state index in [0.29, 0.717) is 0 Å². The Morgan fingerprint density at radius 2 is 1.83 bits per heavy atom. The summed E-state index contributed by atoms with van der Waals surface area (Å²) < 4.78 is 5.51. The van der Waals surface area contributed by atoms with Crippen LogP contribution in [-0.4, -0.2) is 55.0 Å². The molecule has 2 fully saturated rings. The Labute approximate surface area is 172 Å². The lowest BCUT2D eigenvalue weighted by atomic mass is 10.0. The van der Waals surface area contributed by atoms with Gasteiger partial charge in [-0.15, -0.1) is 0 Å². The van der Waals surface area contributed by atoms with Gasteiger partial charge >= 0.3 is 0 Å². The molecule has 154 valence electrons. The second kappa shape index (κ2) is 8.95. The zero-order valence-electron chi connectivity index (χ0n) is 17.2. The number of hydrazine groups is 1. The summed E-state index contributed by atoms with van der Waals surface area (Å²) >= 11 is 0. The number of ether oxygens (including phenoxy) is 1. The van der Waals surface area contributed by atoms with Crippen molar-refractivity contribution in [2.75, 3.05) is 33.3 Å². The number of rotatable bonds is 5. The molecule has 2 saturated heterocycles. The van der Waals surface area contributed by atoms with Gasteiger partial charge in [0.25, 0.3) is 0 Å². The fourth-order valence-corrected chi connectivity index (χ4v) is 4.24. The normalized spacial score (nSPS) is 22.6. The van der Waals surface area contributed by atoms with Crippen LogP contribution in [0.25, 0.3) is 0 Å². The molecule has 6 nitrogen and oxygen atoms in total. The number of benzene rings is 2. The van der Waals surface area contributed by atoms with Gasteiger partial charge in [-0.2, -0.15) is 0 Å². The SMILES string of the molecule is COc1ccc(C)cc1CN1CCN(C(=O)C2CC(c3ccccc3)NN2)CC1. The largest absolute Gasteiger partial charge is 0.496 e. The molecule has 2 aromatic carbocycles. The molecule has 0 aliphatic carbocycles. The number of hydrogen-bond donors (Lipinski definition) is 2. The third-order valence-electron chi connectivity index (χ3n) is 5.92. The smallest absolute Gasteiger partial charge is 0.241 e. The van der Waals surface area contributed by atoms with Gasteiger partial charge < -0.3 is 9.64 Å². The van der Waals surface area contributed by atoms with E-state index in [0.717, 1.165) is 44.9 Å². The van der Waals surface area contributed by atoms with Crippen LogP contribution in [0.4, 0.5) is 0 Å². The molecule has 0 saturated carbocycles. The van der Waals surface area contributed by atoms with Crippen LogP contribution in [-0.2, 0) is 11.3 Å². The molecule has 29 heavy (non-hydrogen) atoms. The zero-order valence-corrected chi connectivity index (χ0v) is 17.2. The Hall–Kier alpha value is -2.41. The van der Waals surface area contributed by atoms with Crippen molar-refractivity contribution in [2.24, 2.45) is 0 Å². The van der Waals surface area contributed by atoms with Crippen LogP contribution in [0.15, 0.2) is 48.5 Å². The highest BCUT2D eigenvalue weighted by Crippen LogP contribution is 2.24. The number of nitrogens with one attached hydrogen (secondary N) is 2. The topological polar surface area (TPSA) is 56.8 Å². The number of hydrogen-bond acceptors (Lipinski definition) is 5. The predicted octanol–water partition coefficient (Wildman–Crippen LogP) is 2.26. The number of methoxy groups -OCH3 is 1. The van der Waals surface area contributed by atoms with Crippen LogP contribution in [0.2, 0.25) is 0 Å². The minimum Gasteiger partial charge on any atom is -0.496 e. The summed E-state index contributed by atoms with van der Waals surface area (Å²) in [6, 6.07) is 16.6. The maximum absolute atomic E-state index is 13.0. The summed E-state index contributed by atoms with van der Waals surface area (Å²) in [5, 5.41) is 0. The molecule has 0 bridgehead atoms. The lowest BCUT2D eigenvalue weighted by molar-refractivity contribution is -0.135. The molecule has 4 rings (SSSR count). The molecule has 2 heterocycles. The molecule has 2 unspecified atom stereocenters. The van der Waals surface area contributed by atoms with Gasteiger partial charge in [-0.3, -0.25) is 9.69 Å². The number of carbonyl (C=O) groups is 1. The second-order valence-electron chi connectivity index (χ2n) is 7.96. The van der Waals surface area contributed by atoms with Gasteiger partial charge in [0, 0.05) is 44.3 Å². The van der Waals surface area contributed by atoms with Gasteiger partial charge in [0.2, 0.25) is 5.91 Å². The Kier molecular flexibility index (Phi) is 6.13. The Balaban J connectivity index is 1.30. The quantitative estimate of drug-likeness (QED) is 0.815. The fourth-order valence-electron chi connectivity index (χ4n) is 4.24. The van der Waals surface area contributed by atoms with Crippen molar-refractivity contribution >= 4 is 5.91 Å². The average Bonchev–Trinajstić information content (AvgIpc) is 3.25. The Morgan fingerprint density at radius 1 is 1.07 bits per heavy atom. The van der Waals surface area contributed by atoms with Gasteiger partial charge in [0.1, 0.15) is 11.8 Å². The molecule has 1 amide bonds. The first kappa shape index (κ1) is 19.9. The molecular weight excluding hydrogens is 364 g/mol. The van der Waals surface area contributed by atoms with E-state index >= 15 is 0 Å². The molecule has 0 spiro atoms. The molecule has 6 heteroatoms. The van der Waals surface area contributed by atoms with Gasteiger partial charge in [-0.25, -0.2) is 10.9 Å². The lowest BCUT2D eigenvalue weighted by Gasteiger charge is -2.36. The van der Waals surface area contributed by atoms with Gasteiger partial charge in [-0.05, 0) is 25.0 Å². The summed E-state index contributed by atoms with van der Waals surface area (Å²) in [5.74, 6) is 1.13. The Morgan fingerprint density at radius 3 is 2.55 bits per heavy atom. The summed E-state index contributed by atoms with van der Waals surface area (Å²) in [4.78, 5) is 17.4. The number of piperazine rings is 1. The van der Waals surface area contributed by atoms with Gasteiger partial charge in [0.15, 0.2) is 0 Å². The Bertz CT molecular complexity index is 834. The van der Waals surface area contributed by atoms with Crippen LogP contribution >= 0.6 is 0 Å². The van der Waals surface area contributed by atoms with E-state index in [1.165, 1.54) is 16.7 Å². The van der Waals surface area contributed by atoms with Gasteiger partial charge in [-0.1, -0.05) is 48.0 Å². The number of aryl methyl sites for hydroxylation is 1. The monoisotopic (exact) mass is 394 g/mol. The van der Waals surface area contributed by atoms with Crippen molar-refractivity contribution in [3.63, 3.8) is 0 Å². The highest BCUT2D eigenvalue weighted by molar-refractivity contribution is 5.82. The van der Waals surface area contributed by atoms with Crippen molar-refractivity contribution < 1.29 is 9.53 Å². The van der Waals surface area contributed by atoms with E-state index in [-0.39, 0.29) is 18.0 Å². The van der Waals surface area contributed by atoms with Crippen LogP contribution in [0.5, 0.6) is 5.75 Å². The van der Waals surface area contributed by atoms with Crippen molar-refractivity contribution in [3.8, 4) is 5.75 Å². The van der Waals surface area contributed by atoms with Crippen LogP contribution < -0.4 is 15.6 Å². The summed E-state index contributed by atoms with van der Waals surface area (Å²) in [7, 11) is 1.72. The minimum absolute atomic E-state index is 0.163. The van der Waals surface area contributed by atoms with Crippen LogP contribution in [0, 0.1) is 6.92 Å². The van der Waals surface area contributed by atoms with E-state index in [4.69, 9.17) is 4.74 Å². The molecule has 2 aliphatic rings. The van der Waals surface area contributed by atoms with Crippen molar-refractivity contribution in [1.82, 2.24) is 20.7 Å². The third-order valence-corrected chi connectivity index (χ3v) is 5.92. The highest BCUT2D eigenvalue weighted by atomic mass is 16.5. The van der Waals surface area contributed by atoms with E-state index in [1.54, 1.807) is 7.11 Å². The highest BCUT2D eigenvalue weighted by Gasteiger charge is 2.34. The number of amides is 1. The van der Waals surface area contributed by atoms with Gasteiger partial charge in [0.05, 0.1) is 7.11 Å². The van der Waals surface area contributed by atoms with E-state index < -0.39 is 0 Å². The summed E-state index contributed by atoms with van der Waals surface area (Å²) in [6.45, 7) is 6.25. The molecule has 2 aliphatic heterocycles. The first-order valence-electron chi connectivity index (χ1n) is 10.3. The van der Waals surface area contributed by atoms with Crippen molar-refractivity contribution in [2.45, 2.75) is 32.0 Å². The predicted molar refractivity (Wildman–Crippen MR) is 113 cm³/mol. The maximum Gasteiger partial charge on any atom is 0.241 e. The van der Waals surface area contributed by atoms with Crippen LogP contribution in [0.3, 0.4) is 0 Å². The van der Waals surface area contributed by atoms with Crippen LogP contribution in [0.1, 0.15) is 29.2 Å². The van der Waals surface area contributed by atoms with Crippen molar-refractivity contribution in [3.05, 3.63) is 65.2 Å². The molecular formula is C23H30N4O2.